The number of carbonyl (C=O) groups is 1. The number of ether oxygens (including phenoxy) is 3. The van der Waals surface area contributed by atoms with Crippen LogP contribution in [0.25, 0.3) is 0 Å². The van der Waals surface area contributed by atoms with Crippen LogP contribution in [0, 0.1) is 3.57 Å². The van der Waals surface area contributed by atoms with Crippen LogP contribution in [0.3, 0.4) is 0 Å². The highest BCUT2D eigenvalue weighted by atomic mass is 127. The maximum absolute atomic E-state index is 12.1. The fourth-order valence-electron chi connectivity index (χ4n) is 2.01. The summed E-state index contributed by atoms with van der Waals surface area (Å²) in [5, 5.41) is 2.81. The van der Waals surface area contributed by atoms with Gasteiger partial charge in [0.2, 0.25) is 0 Å². The van der Waals surface area contributed by atoms with Crippen LogP contribution in [0.4, 0.5) is 5.69 Å². The van der Waals surface area contributed by atoms with E-state index in [1.54, 1.807) is 12.1 Å². The SMILES string of the molecule is CCOc1ccc(OCC)c(NC(=O)COc2ccc(I)cc2)c1. The van der Waals surface area contributed by atoms with E-state index in [4.69, 9.17) is 14.2 Å². The van der Waals surface area contributed by atoms with Crippen molar-refractivity contribution in [3.63, 3.8) is 0 Å². The van der Waals surface area contributed by atoms with E-state index in [1.807, 2.05) is 44.2 Å². The van der Waals surface area contributed by atoms with Gasteiger partial charge in [-0.1, -0.05) is 0 Å². The Morgan fingerprint density at radius 2 is 1.62 bits per heavy atom. The predicted molar refractivity (Wildman–Crippen MR) is 102 cm³/mol. The molecular weight excluding hydrogens is 421 g/mol. The molecule has 24 heavy (non-hydrogen) atoms. The summed E-state index contributed by atoms with van der Waals surface area (Å²) in [6.07, 6.45) is 0. The van der Waals surface area contributed by atoms with Crippen molar-refractivity contribution in [1.29, 1.82) is 0 Å². The number of carbonyl (C=O) groups excluding carboxylic acids is 1. The third-order valence-electron chi connectivity index (χ3n) is 3.02. The minimum Gasteiger partial charge on any atom is -0.494 e. The quantitative estimate of drug-likeness (QED) is 0.627. The van der Waals surface area contributed by atoms with Crippen molar-refractivity contribution >= 4 is 34.2 Å². The first-order valence-corrected chi connectivity index (χ1v) is 8.78. The molecule has 0 saturated heterocycles. The van der Waals surface area contributed by atoms with E-state index in [-0.39, 0.29) is 12.5 Å². The maximum atomic E-state index is 12.1. The maximum Gasteiger partial charge on any atom is 0.262 e. The zero-order chi connectivity index (χ0) is 17.4. The second kappa shape index (κ2) is 9.36. The van der Waals surface area contributed by atoms with Crippen molar-refractivity contribution in [2.75, 3.05) is 25.1 Å². The first-order chi connectivity index (χ1) is 11.6. The Labute approximate surface area is 155 Å². The van der Waals surface area contributed by atoms with Crippen molar-refractivity contribution in [2.24, 2.45) is 0 Å². The van der Waals surface area contributed by atoms with Gasteiger partial charge in [0, 0.05) is 9.64 Å². The zero-order valence-electron chi connectivity index (χ0n) is 13.7. The van der Waals surface area contributed by atoms with E-state index < -0.39 is 0 Å². The molecule has 0 spiro atoms. The van der Waals surface area contributed by atoms with Crippen molar-refractivity contribution in [1.82, 2.24) is 0 Å². The molecule has 0 unspecified atom stereocenters. The number of anilines is 1. The third-order valence-corrected chi connectivity index (χ3v) is 3.74. The highest BCUT2D eigenvalue weighted by Crippen LogP contribution is 2.29. The summed E-state index contributed by atoms with van der Waals surface area (Å²) in [5.74, 6) is 1.67. The second-order valence-electron chi connectivity index (χ2n) is 4.81. The molecule has 0 aliphatic rings. The summed E-state index contributed by atoms with van der Waals surface area (Å²) in [7, 11) is 0. The smallest absolute Gasteiger partial charge is 0.262 e. The molecular formula is C18H20INO4. The minimum absolute atomic E-state index is 0.0784. The van der Waals surface area contributed by atoms with Gasteiger partial charge in [-0.15, -0.1) is 0 Å². The highest BCUT2D eigenvalue weighted by molar-refractivity contribution is 14.1. The van der Waals surface area contributed by atoms with Crippen LogP contribution >= 0.6 is 22.6 Å². The third kappa shape index (κ3) is 5.59. The summed E-state index contributed by atoms with van der Waals surface area (Å²) in [6.45, 7) is 4.78. The van der Waals surface area contributed by atoms with Crippen LogP contribution in [-0.4, -0.2) is 25.7 Å². The van der Waals surface area contributed by atoms with Crippen LogP contribution in [0.5, 0.6) is 17.2 Å². The lowest BCUT2D eigenvalue weighted by Gasteiger charge is -2.14. The molecule has 0 radical (unpaired) electrons. The van der Waals surface area contributed by atoms with E-state index in [0.717, 1.165) is 3.57 Å². The standard InChI is InChI=1S/C18H20INO4/c1-3-22-15-9-10-17(23-4-2)16(11-15)20-18(21)12-24-14-7-5-13(19)6-8-14/h5-11H,3-4,12H2,1-2H3,(H,20,21). The van der Waals surface area contributed by atoms with Crippen molar-refractivity contribution in [3.8, 4) is 17.2 Å². The van der Waals surface area contributed by atoms with E-state index in [1.165, 1.54) is 0 Å². The summed E-state index contributed by atoms with van der Waals surface area (Å²) >= 11 is 2.21. The van der Waals surface area contributed by atoms with Crippen LogP contribution in [0.2, 0.25) is 0 Å². The molecule has 6 heteroatoms. The largest absolute Gasteiger partial charge is 0.494 e. The molecule has 0 atom stereocenters. The first kappa shape index (κ1) is 18.4. The minimum atomic E-state index is -0.261. The number of amides is 1. The van der Waals surface area contributed by atoms with Gasteiger partial charge >= 0.3 is 0 Å². The van der Waals surface area contributed by atoms with Crippen molar-refractivity contribution in [2.45, 2.75) is 13.8 Å². The number of hydrogen-bond donors (Lipinski definition) is 1. The molecule has 0 aliphatic heterocycles. The van der Waals surface area contributed by atoms with Gasteiger partial charge in [0.05, 0.1) is 18.9 Å². The lowest BCUT2D eigenvalue weighted by molar-refractivity contribution is -0.118. The topological polar surface area (TPSA) is 56.8 Å². The first-order valence-electron chi connectivity index (χ1n) is 7.70. The molecule has 0 saturated carbocycles. The molecule has 1 amide bonds. The Balaban J connectivity index is 2.00. The van der Waals surface area contributed by atoms with Gasteiger partial charge in [-0.25, -0.2) is 0 Å². The number of hydrogen-bond acceptors (Lipinski definition) is 4. The molecule has 128 valence electrons. The average molecular weight is 441 g/mol. The summed E-state index contributed by atoms with van der Waals surface area (Å²) in [4.78, 5) is 12.1. The summed E-state index contributed by atoms with van der Waals surface area (Å²) < 4.78 is 17.6. The Bertz CT molecular complexity index is 673. The molecule has 0 aromatic heterocycles. The van der Waals surface area contributed by atoms with Gasteiger partial charge < -0.3 is 19.5 Å². The molecule has 0 bridgehead atoms. The molecule has 1 N–H and O–H groups in total. The van der Waals surface area contributed by atoms with Crippen LogP contribution in [-0.2, 0) is 4.79 Å². The lowest BCUT2D eigenvalue weighted by atomic mass is 10.2. The molecule has 2 aromatic carbocycles. The normalized spacial score (nSPS) is 10.1. The van der Waals surface area contributed by atoms with Crippen LogP contribution in [0.1, 0.15) is 13.8 Å². The van der Waals surface area contributed by atoms with Gasteiger partial charge in [0.25, 0.3) is 5.91 Å². The van der Waals surface area contributed by atoms with E-state index in [0.29, 0.717) is 36.1 Å². The number of halogens is 1. The van der Waals surface area contributed by atoms with E-state index in [2.05, 4.69) is 27.9 Å². The van der Waals surface area contributed by atoms with Crippen LogP contribution < -0.4 is 19.5 Å². The van der Waals surface area contributed by atoms with Gasteiger partial charge in [0.15, 0.2) is 6.61 Å². The van der Waals surface area contributed by atoms with E-state index >= 15 is 0 Å². The zero-order valence-corrected chi connectivity index (χ0v) is 15.8. The number of rotatable bonds is 8. The number of nitrogens with one attached hydrogen (secondary N) is 1. The fraction of sp³-hybridized carbons (Fsp3) is 0.278. The average Bonchev–Trinajstić information content (AvgIpc) is 2.57. The Morgan fingerprint density at radius 1 is 0.958 bits per heavy atom. The van der Waals surface area contributed by atoms with E-state index in [9.17, 15) is 4.79 Å². The molecule has 2 aromatic rings. The summed E-state index contributed by atoms with van der Waals surface area (Å²) in [6, 6.07) is 12.8. The van der Waals surface area contributed by atoms with Crippen molar-refractivity contribution in [3.05, 3.63) is 46.0 Å². The number of benzene rings is 2. The van der Waals surface area contributed by atoms with Crippen molar-refractivity contribution < 1.29 is 19.0 Å². The van der Waals surface area contributed by atoms with Gasteiger partial charge in [0.1, 0.15) is 17.2 Å². The summed E-state index contributed by atoms with van der Waals surface area (Å²) in [5.41, 5.74) is 0.569. The van der Waals surface area contributed by atoms with Crippen LogP contribution in [0.15, 0.2) is 42.5 Å². The monoisotopic (exact) mass is 441 g/mol. The molecule has 2 rings (SSSR count). The molecule has 0 fully saturated rings. The second-order valence-corrected chi connectivity index (χ2v) is 6.06. The predicted octanol–water partition coefficient (Wildman–Crippen LogP) is 4.11. The molecule has 5 nitrogen and oxygen atoms in total. The Hall–Kier alpha value is -1.96. The lowest BCUT2D eigenvalue weighted by Crippen LogP contribution is -2.20. The van der Waals surface area contributed by atoms with Gasteiger partial charge in [-0.05, 0) is 72.8 Å². The molecule has 0 heterocycles. The van der Waals surface area contributed by atoms with Gasteiger partial charge in [-0.2, -0.15) is 0 Å². The Kier molecular flexibility index (Phi) is 7.17. The van der Waals surface area contributed by atoms with Gasteiger partial charge in [-0.3, -0.25) is 4.79 Å². The fourth-order valence-corrected chi connectivity index (χ4v) is 2.37. The molecule has 0 aliphatic carbocycles. The Morgan fingerprint density at radius 3 is 2.29 bits per heavy atom. The highest BCUT2D eigenvalue weighted by Gasteiger charge is 2.10.